The molecule has 1 N–H and O–H groups in total. The Labute approximate surface area is 132 Å². The first-order valence-electron chi connectivity index (χ1n) is 7.87. The molecule has 0 amide bonds. The van der Waals surface area contributed by atoms with Crippen molar-refractivity contribution in [2.75, 3.05) is 52.4 Å². The van der Waals surface area contributed by atoms with E-state index in [0.29, 0.717) is 0 Å². The third-order valence-corrected chi connectivity index (χ3v) is 4.66. The van der Waals surface area contributed by atoms with E-state index in [4.69, 9.17) is 16.3 Å². The quantitative estimate of drug-likeness (QED) is 0.896. The predicted molar refractivity (Wildman–Crippen MR) is 86.2 cm³/mol. The van der Waals surface area contributed by atoms with Crippen LogP contribution < -0.4 is 10.1 Å². The summed E-state index contributed by atoms with van der Waals surface area (Å²) in [6, 6.07) is 8.33. The zero-order valence-corrected chi connectivity index (χ0v) is 13.2. The summed E-state index contributed by atoms with van der Waals surface area (Å²) in [5, 5.41) is 4.17. The molecule has 2 aliphatic rings. The highest BCUT2D eigenvalue weighted by molar-refractivity contribution is 6.30. The Balaban J connectivity index is 1.37. The van der Waals surface area contributed by atoms with Crippen LogP contribution in [0.2, 0.25) is 5.02 Å². The summed E-state index contributed by atoms with van der Waals surface area (Å²) in [6.07, 6.45) is 1.29. The third-order valence-electron chi connectivity index (χ3n) is 4.41. The monoisotopic (exact) mass is 309 g/mol. The summed E-state index contributed by atoms with van der Waals surface area (Å²) >= 11 is 5.87. The fourth-order valence-electron chi connectivity index (χ4n) is 3.18. The molecule has 0 aliphatic carbocycles. The van der Waals surface area contributed by atoms with E-state index in [1.54, 1.807) is 0 Å². The van der Waals surface area contributed by atoms with Gasteiger partial charge in [0.25, 0.3) is 0 Å². The van der Waals surface area contributed by atoms with E-state index < -0.39 is 0 Å². The van der Waals surface area contributed by atoms with Gasteiger partial charge in [-0.15, -0.1) is 0 Å². The molecule has 2 fully saturated rings. The molecule has 2 saturated heterocycles. The Hall–Kier alpha value is -0.810. The van der Waals surface area contributed by atoms with Gasteiger partial charge in [0.15, 0.2) is 0 Å². The number of likely N-dealkylation sites (tertiary alicyclic amines) is 1. The van der Waals surface area contributed by atoms with Crippen molar-refractivity contribution in [3.8, 4) is 5.75 Å². The van der Waals surface area contributed by atoms with Crippen molar-refractivity contribution in [2.45, 2.75) is 12.5 Å². The number of hydrogen-bond acceptors (Lipinski definition) is 4. The highest BCUT2D eigenvalue weighted by Crippen LogP contribution is 2.17. The number of nitrogens with one attached hydrogen (secondary N) is 1. The van der Waals surface area contributed by atoms with E-state index in [1.165, 1.54) is 32.6 Å². The molecule has 2 heterocycles. The number of hydrogen-bond donors (Lipinski definition) is 1. The minimum Gasteiger partial charge on any atom is -0.492 e. The van der Waals surface area contributed by atoms with Gasteiger partial charge in [-0.2, -0.15) is 0 Å². The van der Waals surface area contributed by atoms with Gasteiger partial charge >= 0.3 is 0 Å². The van der Waals surface area contributed by atoms with Gasteiger partial charge in [-0.3, -0.25) is 9.80 Å². The summed E-state index contributed by atoms with van der Waals surface area (Å²) < 4.78 is 5.78. The van der Waals surface area contributed by atoms with Crippen LogP contribution in [0, 0.1) is 0 Å². The molecule has 1 aromatic rings. The number of ether oxygens (including phenoxy) is 1. The lowest BCUT2D eigenvalue weighted by atomic mass is 10.2. The van der Waals surface area contributed by atoms with Crippen LogP contribution in [0.25, 0.3) is 0 Å². The lowest BCUT2D eigenvalue weighted by molar-refractivity contribution is 0.165. The minimum atomic E-state index is 0.739. The molecule has 4 nitrogen and oxygen atoms in total. The molecular formula is C16H24ClN3O. The van der Waals surface area contributed by atoms with Crippen LogP contribution in [0.4, 0.5) is 0 Å². The van der Waals surface area contributed by atoms with Crippen LogP contribution in [0.1, 0.15) is 6.42 Å². The Morgan fingerprint density at radius 2 is 1.90 bits per heavy atom. The first kappa shape index (κ1) is 15.1. The molecular weight excluding hydrogens is 286 g/mol. The first-order valence-corrected chi connectivity index (χ1v) is 8.24. The smallest absolute Gasteiger partial charge is 0.119 e. The molecule has 0 radical (unpaired) electrons. The number of piperazine rings is 1. The Kier molecular flexibility index (Phi) is 5.36. The van der Waals surface area contributed by atoms with Crippen molar-refractivity contribution in [2.24, 2.45) is 0 Å². The molecule has 1 unspecified atom stereocenters. The van der Waals surface area contributed by atoms with Crippen LogP contribution in [0.5, 0.6) is 5.75 Å². The molecule has 116 valence electrons. The lowest BCUT2D eigenvalue weighted by Crippen LogP contribution is -2.49. The van der Waals surface area contributed by atoms with Gasteiger partial charge in [-0.25, -0.2) is 0 Å². The van der Waals surface area contributed by atoms with E-state index in [9.17, 15) is 0 Å². The van der Waals surface area contributed by atoms with Gasteiger partial charge in [0.05, 0.1) is 0 Å². The van der Waals surface area contributed by atoms with Gasteiger partial charge in [0, 0.05) is 50.3 Å². The zero-order valence-electron chi connectivity index (χ0n) is 12.4. The summed E-state index contributed by atoms with van der Waals surface area (Å²) in [6.45, 7) is 8.79. The van der Waals surface area contributed by atoms with Crippen molar-refractivity contribution >= 4 is 11.6 Å². The van der Waals surface area contributed by atoms with Gasteiger partial charge in [-0.1, -0.05) is 11.6 Å². The second kappa shape index (κ2) is 7.45. The number of halogens is 1. The van der Waals surface area contributed by atoms with Crippen LogP contribution >= 0.6 is 11.6 Å². The van der Waals surface area contributed by atoms with Gasteiger partial charge in [0.2, 0.25) is 0 Å². The van der Waals surface area contributed by atoms with Crippen LogP contribution in [-0.2, 0) is 0 Å². The molecule has 3 rings (SSSR count). The number of nitrogens with zero attached hydrogens (tertiary/aromatic N) is 2. The Bertz CT molecular complexity index is 434. The van der Waals surface area contributed by atoms with Crippen molar-refractivity contribution in [3.63, 3.8) is 0 Å². The average Bonchev–Trinajstić information content (AvgIpc) is 2.99. The van der Waals surface area contributed by atoms with Gasteiger partial charge < -0.3 is 10.1 Å². The minimum absolute atomic E-state index is 0.739. The van der Waals surface area contributed by atoms with Gasteiger partial charge in [-0.05, 0) is 37.2 Å². The summed E-state index contributed by atoms with van der Waals surface area (Å²) in [4.78, 5) is 5.15. The highest BCUT2D eigenvalue weighted by atomic mass is 35.5. The van der Waals surface area contributed by atoms with Crippen molar-refractivity contribution < 1.29 is 4.74 Å². The zero-order chi connectivity index (χ0) is 14.5. The van der Waals surface area contributed by atoms with Gasteiger partial charge in [0.1, 0.15) is 12.4 Å². The number of rotatable bonds is 5. The van der Waals surface area contributed by atoms with Crippen molar-refractivity contribution in [1.29, 1.82) is 0 Å². The largest absolute Gasteiger partial charge is 0.492 e. The van der Waals surface area contributed by atoms with E-state index in [0.717, 1.165) is 43.1 Å². The van der Waals surface area contributed by atoms with Crippen LogP contribution in [-0.4, -0.2) is 68.3 Å². The fourth-order valence-corrected chi connectivity index (χ4v) is 3.31. The normalized spacial score (nSPS) is 24.3. The van der Waals surface area contributed by atoms with E-state index in [1.807, 2.05) is 24.3 Å². The second-order valence-corrected chi connectivity index (χ2v) is 6.27. The van der Waals surface area contributed by atoms with Crippen LogP contribution in [0.15, 0.2) is 24.3 Å². The molecule has 0 aromatic heterocycles. The summed E-state index contributed by atoms with van der Waals surface area (Å²) in [5.41, 5.74) is 0. The lowest BCUT2D eigenvalue weighted by Gasteiger charge is -2.32. The molecule has 2 aliphatic heterocycles. The summed E-state index contributed by atoms with van der Waals surface area (Å²) in [5.74, 6) is 0.900. The molecule has 1 aromatic carbocycles. The highest BCUT2D eigenvalue weighted by Gasteiger charge is 2.27. The van der Waals surface area contributed by atoms with E-state index in [-0.39, 0.29) is 0 Å². The standard InChI is InChI=1S/C16H24ClN3O/c17-14-1-3-16(4-2-14)21-12-11-19-8-5-15(13-19)20-9-6-18-7-10-20/h1-4,15,18H,5-13H2. The molecule has 0 saturated carbocycles. The maximum atomic E-state index is 5.87. The van der Waals surface area contributed by atoms with E-state index >= 15 is 0 Å². The maximum Gasteiger partial charge on any atom is 0.119 e. The molecule has 1 atom stereocenters. The van der Waals surface area contributed by atoms with Crippen molar-refractivity contribution in [1.82, 2.24) is 15.1 Å². The van der Waals surface area contributed by atoms with Crippen molar-refractivity contribution in [3.05, 3.63) is 29.3 Å². The predicted octanol–water partition coefficient (Wildman–Crippen LogP) is 1.70. The molecule has 0 spiro atoms. The molecule has 21 heavy (non-hydrogen) atoms. The summed E-state index contributed by atoms with van der Waals surface area (Å²) in [7, 11) is 0. The Morgan fingerprint density at radius 1 is 1.14 bits per heavy atom. The van der Waals surface area contributed by atoms with E-state index in [2.05, 4.69) is 15.1 Å². The number of benzene rings is 1. The topological polar surface area (TPSA) is 27.7 Å². The SMILES string of the molecule is Clc1ccc(OCCN2CCC(N3CCNCC3)C2)cc1. The molecule has 5 heteroatoms. The Morgan fingerprint density at radius 3 is 2.67 bits per heavy atom. The molecule has 0 bridgehead atoms. The first-order chi connectivity index (χ1) is 10.3. The van der Waals surface area contributed by atoms with Crippen LogP contribution in [0.3, 0.4) is 0 Å². The maximum absolute atomic E-state index is 5.87. The second-order valence-electron chi connectivity index (χ2n) is 5.83. The third kappa shape index (κ3) is 4.33. The average molecular weight is 310 g/mol. The fraction of sp³-hybridized carbons (Fsp3) is 0.625.